The van der Waals surface area contributed by atoms with Gasteiger partial charge in [-0.05, 0) is 71.8 Å². The third kappa shape index (κ3) is 5.28. The maximum Gasteiger partial charge on any atom is 0.118 e. The van der Waals surface area contributed by atoms with E-state index in [0.717, 1.165) is 45.4 Å². The van der Waals surface area contributed by atoms with E-state index in [1.165, 1.54) is 0 Å². The molecule has 0 amide bonds. The van der Waals surface area contributed by atoms with Crippen LogP contribution in [0.2, 0.25) is 0 Å². The number of benzene rings is 2. The number of ether oxygens (including phenoxy) is 2. The highest BCUT2D eigenvalue weighted by Gasteiger charge is 2.10. The van der Waals surface area contributed by atoms with Gasteiger partial charge in [0.25, 0.3) is 0 Å². The van der Waals surface area contributed by atoms with Gasteiger partial charge in [0.15, 0.2) is 0 Å². The third-order valence-electron chi connectivity index (χ3n) is 4.97. The van der Waals surface area contributed by atoms with Gasteiger partial charge in [-0.1, -0.05) is 0 Å². The Balaban J connectivity index is 1.72. The molecule has 4 aromatic rings. The summed E-state index contributed by atoms with van der Waals surface area (Å²) in [6.07, 6.45) is 4.59. The number of aromatic nitrogens is 4. The highest BCUT2D eigenvalue weighted by atomic mass is 16.5. The summed E-state index contributed by atoms with van der Waals surface area (Å²) in [6.45, 7) is 0. The fraction of sp³-hybridized carbons (Fsp3) is 0.167. The van der Waals surface area contributed by atoms with Crippen LogP contribution in [0.25, 0.3) is 0 Å². The molecule has 0 fully saturated rings. The van der Waals surface area contributed by atoms with Crippen molar-refractivity contribution in [3.8, 4) is 11.5 Å². The first-order valence-corrected chi connectivity index (χ1v) is 10.1. The van der Waals surface area contributed by atoms with Crippen molar-refractivity contribution in [2.75, 3.05) is 14.2 Å². The molecule has 0 radical (unpaired) electrons. The predicted molar refractivity (Wildman–Crippen MR) is 124 cm³/mol. The van der Waals surface area contributed by atoms with Gasteiger partial charge in [0.1, 0.15) is 11.5 Å². The second-order valence-electron chi connectivity index (χ2n) is 7.07. The van der Waals surface area contributed by atoms with Crippen LogP contribution >= 0.6 is 0 Å². The summed E-state index contributed by atoms with van der Waals surface area (Å²) in [7, 11) is 3.30. The molecule has 162 valence electrons. The van der Waals surface area contributed by atoms with Crippen LogP contribution in [0.1, 0.15) is 22.5 Å². The first-order chi connectivity index (χ1) is 15.7. The molecule has 0 aliphatic heterocycles. The summed E-state index contributed by atoms with van der Waals surface area (Å²) in [5.74, 6) is 1.58. The van der Waals surface area contributed by atoms with Gasteiger partial charge in [0, 0.05) is 36.6 Å². The summed E-state index contributed by atoms with van der Waals surface area (Å²) < 4.78 is 10.6. The Bertz CT molecular complexity index is 1070. The Hall–Kier alpha value is -4.20. The van der Waals surface area contributed by atoms with Crippen LogP contribution in [-0.2, 0) is 12.8 Å². The fourth-order valence-corrected chi connectivity index (χ4v) is 3.20. The normalized spacial score (nSPS) is 12.1. The average Bonchev–Trinajstić information content (AvgIpc) is 3.55. The van der Waals surface area contributed by atoms with E-state index in [9.17, 15) is 0 Å². The van der Waals surface area contributed by atoms with Crippen molar-refractivity contribution in [1.29, 1.82) is 0 Å². The molecular weight excluding hydrogens is 404 g/mol. The third-order valence-corrected chi connectivity index (χ3v) is 4.97. The Morgan fingerprint density at radius 3 is 1.38 bits per heavy atom. The van der Waals surface area contributed by atoms with E-state index in [4.69, 9.17) is 9.47 Å². The molecule has 8 nitrogen and oxygen atoms in total. The van der Waals surface area contributed by atoms with Crippen molar-refractivity contribution in [2.45, 2.75) is 12.8 Å². The summed E-state index contributed by atoms with van der Waals surface area (Å²) in [5.41, 5.74) is 5.45. The summed E-state index contributed by atoms with van der Waals surface area (Å²) in [6, 6.07) is 19.4. The second-order valence-corrected chi connectivity index (χ2v) is 7.07. The van der Waals surface area contributed by atoms with E-state index >= 15 is 0 Å². The highest BCUT2D eigenvalue weighted by molar-refractivity contribution is 6.04. The van der Waals surface area contributed by atoms with Crippen LogP contribution < -0.4 is 9.47 Å². The fourth-order valence-electron chi connectivity index (χ4n) is 3.20. The van der Waals surface area contributed by atoms with Gasteiger partial charge >= 0.3 is 0 Å². The van der Waals surface area contributed by atoms with Gasteiger partial charge in [-0.3, -0.25) is 10.2 Å². The van der Waals surface area contributed by atoms with Crippen molar-refractivity contribution in [3.63, 3.8) is 0 Å². The molecule has 0 atom stereocenters. The molecule has 0 saturated carbocycles. The van der Waals surface area contributed by atoms with Gasteiger partial charge in [-0.25, -0.2) is 0 Å². The van der Waals surface area contributed by atoms with Crippen molar-refractivity contribution in [2.24, 2.45) is 10.2 Å². The molecule has 2 N–H and O–H groups in total. The van der Waals surface area contributed by atoms with Crippen LogP contribution in [0.3, 0.4) is 0 Å². The predicted octanol–water partition coefficient (Wildman–Crippen LogP) is 3.83. The molecule has 8 heteroatoms. The zero-order valence-corrected chi connectivity index (χ0v) is 17.9. The SMILES string of the molecule is COc1ccc(/C(Cc2ccn[nH]2)=N\N=C(\Cc2ccn[nH]2)c2ccc(OC)cc2)cc1. The van der Waals surface area contributed by atoms with E-state index in [1.54, 1.807) is 26.6 Å². The van der Waals surface area contributed by atoms with Gasteiger partial charge in [-0.2, -0.15) is 20.4 Å². The Labute approximate surface area is 186 Å². The molecule has 0 spiro atoms. The van der Waals surface area contributed by atoms with Crippen molar-refractivity contribution >= 4 is 11.4 Å². The number of nitrogens with zero attached hydrogens (tertiary/aromatic N) is 4. The Morgan fingerprint density at radius 2 is 1.06 bits per heavy atom. The lowest BCUT2D eigenvalue weighted by molar-refractivity contribution is 0.414. The van der Waals surface area contributed by atoms with E-state index in [-0.39, 0.29) is 0 Å². The lowest BCUT2D eigenvalue weighted by Crippen LogP contribution is -2.09. The lowest BCUT2D eigenvalue weighted by atomic mass is 10.1. The van der Waals surface area contributed by atoms with Crippen molar-refractivity contribution < 1.29 is 9.47 Å². The largest absolute Gasteiger partial charge is 0.497 e. The van der Waals surface area contributed by atoms with Gasteiger partial charge < -0.3 is 9.47 Å². The van der Waals surface area contributed by atoms with Crippen molar-refractivity contribution in [3.05, 3.63) is 95.6 Å². The van der Waals surface area contributed by atoms with E-state index in [1.807, 2.05) is 60.7 Å². The van der Waals surface area contributed by atoms with E-state index in [2.05, 4.69) is 30.6 Å². The monoisotopic (exact) mass is 428 g/mol. The molecule has 0 saturated heterocycles. The average molecular weight is 428 g/mol. The number of methoxy groups -OCH3 is 2. The van der Waals surface area contributed by atoms with Gasteiger partial charge in [0.05, 0.1) is 25.6 Å². The Kier molecular flexibility index (Phi) is 6.72. The summed E-state index contributed by atoms with van der Waals surface area (Å²) in [5, 5.41) is 23.4. The zero-order chi connectivity index (χ0) is 22.2. The smallest absolute Gasteiger partial charge is 0.118 e. The van der Waals surface area contributed by atoms with Crippen molar-refractivity contribution in [1.82, 2.24) is 20.4 Å². The number of hydrogen-bond acceptors (Lipinski definition) is 6. The lowest BCUT2D eigenvalue weighted by Gasteiger charge is -2.08. The maximum absolute atomic E-state index is 5.29. The minimum atomic E-state index is 0.565. The minimum absolute atomic E-state index is 0.565. The molecular formula is C24H24N6O2. The molecule has 0 aliphatic carbocycles. The Morgan fingerprint density at radius 1 is 0.656 bits per heavy atom. The summed E-state index contributed by atoms with van der Waals surface area (Å²) >= 11 is 0. The van der Waals surface area contributed by atoms with E-state index < -0.39 is 0 Å². The van der Waals surface area contributed by atoms with Crippen LogP contribution in [0.4, 0.5) is 0 Å². The highest BCUT2D eigenvalue weighted by Crippen LogP contribution is 2.16. The molecule has 0 aliphatic rings. The first-order valence-electron chi connectivity index (χ1n) is 10.1. The number of rotatable bonds is 9. The molecule has 0 unspecified atom stereocenters. The van der Waals surface area contributed by atoms with E-state index in [0.29, 0.717) is 12.8 Å². The number of aromatic amines is 2. The molecule has 2 heterocycles. The van der Waals surface area contributed by atoms with Crippen LogP contribution in [0, 0.1) is 0 Å². The van der Waals surface area contributed by atoms with Gasteiger partial charge in [-0.15, -0.1) is 0 Å². The number of H-pyrrole nitrogens is 2. The zero-order valence-electron chi connectivity index (χ0n) is 17.9. The molecule has 4 rings (SSSR count). The molecule has 2 aromatic heterocycles. The molecule has 2 aromatic carbocycles. The minimum Gasteiger partial charge on any atom is -0.497 e. The molecule has 0 bridgehead atoms. The molecule has 32 heavy (non-hydrogen) atoms. The second kappa shape index (κ2) is 10.2. The topological polar surface area (TPSA) is 101 Å². The van der Waals surface area contributed by atoms with Crippen LogP contribution in [-0.4, -0.2) is 46.0 Å². The van der Waals surface area contributed by atoms with Gasteiger partial charge in [0.2, 0.25) is 0 Å². The summed E-state index contributed by atoms with van der Waals surface area (Å²) in [4.78, 5) is 0. The number of nitrogens with one attached hydrogen (secondary N) is 2. The standard InChI is InChI=1S/C24H24N6O2/c1-31-21-7-3-17(4-8-21)23(15-19-11-13-25-27-19)29-30-24(16-20-12-14-26-28-20)18-5-9-22(32-2)10-6-18/h3-14H,15-16H2,1-2H3,(H,25,27)(H,26,28)/b29-23-,30-24-. The number of hydrogen-bond donors (Lipinski definition) is 2. The van der Waals surface area contributed by atoms with Crippen LogP contribution in [0.5, 0.6) is 11.5 Å². The quantitative estimate of drug-likeness (QED) is 0.313. The van der Waals surface area contributed by atoms with Crippen LogP contribution in [0.15, 0.2) is 83.3 Å². The first kappa shape index (κ1) is 21.0. The maximum atomic E-state index is 5.29.